The minimum atomic E-state index is -4.99. The summed E-state index contributed by atoms with van der Waals surface area (Å²) in [5.74, 6) is -4.58. The Morgan fingerprint density at radius 3 is 2.35 bits per heavy atom. The Morgan fingerprint density at radius 2 is 1.74 bits per heavy atom. The van der Waals surface area contributed by atoms with E-state index in [0.717, 1.165) is 6.07 Å². The summed E-state index contributed by atoms with van der Waals surface area (Å²) < 4.78 is 105. The highest BCUT2D eigenvalue weighted by molar-refractivity contribution is 7.92. The van der Waals surface area contributed by atoms with Gasteiger partial charge in [0.15, 0.2) is 0 Å². The predicted molar refractivity (Wildman–Crippen MR) is 111 cm³/mol. The SMILES string of the molecule is COc1ccc(CN(c2ccnc(C(F)(F)F)n2)S(=O)(=O)c2cc(Cl)c(F)cc2F)c(OC)c1. The van der Waals surface area contributed by atoms with Gasteiger partial charge < -0.3 is 9.47 Å². The summed E-state index contributed by atoms with van der Waals surface area (Å²) in [6, 6.07) is 5.94. The van der Waals surface area contributed by atoms with E-state index >= 15 is 0 Å². The van der Waals surface area contributed by atoms with Crippen LogP contribution in [0.4, 0.5) is 27.8 Å². The standard InChI is InChI=1S/C20H15ClF5N3O4S/c1-32-12-4-3-11(16(7-12)33-2)10-29(18-5-6-27-19(28-18)20(24,25)26)34(30,31)17-8-13(21)14(22)9-15(17)23/h3-9H,10H2,1-2H3. The lowest BCUT2D eigenvalue weighted by molar-refractivity contribution is -0.144. The minimum absolute atomic E-state index is 0.127. The van der Waals surface area contributed by atoms with Gasteiger partial charge in [0.1, 0.15) is 33.8 Å². The Kier molecular flexibility index (Phi) is 7.17. The third-order valence-corrected chi connectivity index (χ3v) is 6.56. The van der Waals surface area contributed by atoms with E-state index in [9.17, 15) is 30.4 Å². The molecule has 0 aliphatic rings. The van der Waals surface area contributed by atoms with Crippen LogP contribution >= 0.6 is 11.6 Å². The number of sulfonamides is 1. The number of ether oxygens (including phenoxy) is 2. The van der Waals surface area contributed by atoms with Crippen molar-refractivity contribution in [1.82, 2.24) is 9.97 Å². The van der Waals surface area contributed by atoms with Gasteiger partial charge in [-0.3, -0.25) is 0 Å². The van der Waals surface area contributed by atoms with Crippen molar-refractivity contribution >= 4 is 27.4 Å². The van der Waals surface area contributed by atoms with E-state index in [0.29, 0.717) is 22.3 Å². The molecule has 3 aromatic rings. The zero-order valence-electron chi connectivity index (χ0n) is 17.4. The molecule has 1 aromatic heterocycles. The van der Waals surface area contributed by atoms with Crippen molar-refractivity contribution in [3.8, 4) is 11.5 Å². The third kappa shape index (κ3) is 5.14. The highest BCUT2D eigenvalue weighted by Crippen LogP contribution is 2.34. The van der Waals surface area contributed by atoms with Crippen molar-refractivity contribution in [3.05, 3.63) is 70.6 Å². The first kappa shape index (κ1) is 25.4. The first-order valence-corrected chi connectivity index (χ1v) is 11.0. The minimum Gasteiger partial charge on any atom is -0.497 e. The molecular weight excluding hydrogens is 509 g/mol. The molecule has 0 saturated heterocycles. The molecule has 0 radical (unpaired) electrons. The van der Waals surface area contributed by atoms with Crippen molar-refractivity contribution in [2.45, 2.75) is 17.6 Å². The van der Waals surface area contributed by atoms with Gasteiger partial charge in [0.2, 0.25) is 5.82 Å². The van der Waals surface area contributed by atoms with Gasteiger partial charge in [0, 0.05) is 30.0 Å². The second kappa shape index (κ2) is 9.58. The Labute approximate surface area is 195 Å². The summed E-state index contributed by atoms with van der Waals surface area (Å²) in [7, 11) is -2.30. The third-order valence-electron chi connectivity index (χ3n) is 4.50. The van der Waals surface area contributed by atoms with E-state index in [1.807, 2.05) is 0 Å². The summed E-state index contributed by atoms with van der Waals surface area (Å²) in [6.07, 6.45) is -4.29. The van der Waals surface area contributed by atoms with Crippen LogP contribution in [-0.4, -0.2) is 32.6 Å². The van der Waals surface area contributed by atoms with Crippen molar-refractivity contribution in [1.29, 1.82) is 0 Å². The first-order chi connectivity index (χ1) is 15.9. The highest BCUT2D eigenvalue weighted by Gasteiger charge is 2.37. The molecule has 0 fully saturated rings. The van der Waals surface area contributed by atoms with E-state index in [1.165, 1.54) is 32.4 Å². The van der Waals surface area contributed by atoms with Gasteiger partial charge in [-0.25, -0.2) is 31.5 Å². The maximum Gasteiger partial charge on any atom is 0.451 e. The number of aromatic nitrogens is 2. The van der Waals surface area contributed by atoms with Crippen molar-refractivity contribution < 1.29 is 39.8 Å². The number of halogens is 6. The van der Waals surface area contributed by atoms with Crippen LogP contribution in [0, 0.1) is 11.6 Å². The van der Waals surface area contributed by atoms with E-state index < -0.39 is 55.9 Å². The normalized spacial score (nSPS) is 11.9. The molecule has 0 spiro atoms. The summed E-state index contributed by atoms with van der Waals surface area (Å²) >= 11 is 5.64. The van der Waals surface area contributed by atoms with Crippen LogP contribution < -0.4 is 13.8 Å². The number of hydrogen-bond acceptors (Lipinski definition) is 6. The van der Waals surface area contributed by atoms with Crippen molar-refractivity contribution in [2.24, 2.45) is 0 Å². The van der Waals surface area contributed by atoms with Gasteiger partial charge >= 0.3 is 6.18 Å². The molecule has 0 unspecified atom stereocenters. The van der Waals surface area contributed by atoms with Gasteiger partial charge in [0.25, 0.3) is 10.0 Å². The topological polar surface area (TPSA) is 81.6 Å². The van der Waals surface area contributed by atoms with Crippen LogP contribution in [0.5, 0.6) is 11.5 Å². The van der Waals surface area contributed by atoms with Crippen LogP contribution in [0.25, 0.3) is 0 Å². The van der Waals surface area contributed by atoms with Crippen LogP contribution in [0.2, 0.25) is 5.02 Å². The predicted octanol–water partition coefficient (Wildman–Crippen LogP) is 4.84. The molecule has 0 amide bonds. The fourth-order valence-electron chi connectivity index (χ4n) is 2.87. The molecule has 34 heavy (non-hydrogen) atoms. The maximum absolute atomic E-state index is 14.5. The molecule has 0 aliphatic carbocycles. The summed E-state index contributed by atoms with van der Waals surface area (Å²) in [6.45, 7) is -0.641. The Morgan fingerprint density at radius 1 is 1.03 bits per heavy atom. The second-order valence-corrected chi connectivity index (χ2v) is 8.86. The number of methoxy groups -OCH3 is 2. The second-order valence-electron chi connectivity index (χ2n) is 6.62. The number of alkyl halides is 3. The Bertz CT molecular complexity index is 1320. The molecule has 3 rings (SSSR count). The lowest BCUT2D eigenvalue weighted by Crippen LogP contribution is -2.33. The number of benzene rings is 2. The van der Waals surface area contributed by atoms with Gasteiger partial charge in [-0.15, -0.1) is 0 Å². The average Bonchev–Trinajstić information content (AvgIpc) is 2.79. The summed E-state index contributed by atoms with van der Waals surface area (Å²) in [5, 5.41) is -0.708. The van der Waals surface area contributed by atoms with Gasteiger partial charge in [-0.2, -0.15) is 13.2 Å². The van der Waals surface area contributed by atoms with Crippen LogP contribution in [0.3, 0.4) is 0 Å². The number of anilines is 1. The molecule has 0 N–H and O–H groups in total. The molecule has 1 heterocycles. The number of hydrogen-bond donors (Lipinski definition) is 0. The lowest BCUT2D eigenvalue weighted by atomic mass is 10.2. The number of nitrogens with zero attached hydrogens (tertiary/aromatic N) is 3. The molecule has 0 atom stereocenters. The summed E-state index contributed by atoms with van der Waals surface area (Å²) in [5.41, 5.74) is 0.174. The zero-order valence-corrected chi connectivity index (χ0v) is 19.0. The highest BCUT2D eigenvalue weighted by atomic mass is 35.5. The quantitative estimate of drug-likeness (QED) is 0.326. The van der Waals surface area contributed by atoms with Crippen molar-refractivity contribution in [2.75, 3.05) is 18.5 Å². The fraction of sp³-hybridized carbons (Fsp3) is 0.200. The Hall–Kier alpha value is -3.19. The molecular formula is C20H15ClF5N3O4S. The molecule has 182 valence electrons. The van der Waals surface area contributed by atoms with E-state index in [2.05, 4.69) is 9.97 Å². The molecule has 0 saturated carbocycles. The number of rotatable bonds is 7. The molecule has 7 nitrogen and oxygen atoms in total. The first-order valence-electron chi connectivity index (χ1n) is 9.17. The van der Waals surface area contributed by atoms with E-state index in [-0.39, 0.29) is 17.4 Å². The van der Waals surface area contributed by atoms with Gasteiger partial charge in [-0.1, -0.05) is 11.6 Å². The lowest BCUT2D eigenvalue weighted by Gasteiger charge is -2.25. The molecule has 0 bridgehead atoms. The van der Waals surface area contributed by atoms with Gasteiger partial charge in [0.05, 0.1) is 25.8 Å². The molecule has 2 aromatic carbocycles. The largest absolute Gasteiger partial charge is 0.497 e. The van der Waals surface area contributed by atoms with Crippen LogP contribution in [0.15, 0.2) is 47.5 Å². The van der Waals surface area contributed by atoms with E-state index in [1.54, 1.807) is 0 Å². The maximum atomic E-state index is 14.5. The van der Waals surface area contributed by atoms with E-state index in [4.69, 9.17) is 21.1 Å². The monoisotopic (exact) mass is 523 g/mol. The fourth-order valence-corrected chi connectivity index (χ4v) is 4.57. The molecule has 14 heteroatoms. The van der Waals surface area contributed by atoms with Crippen LogP contribution in [-0.2, 0) is 22.7 Å². The average molecular weight is 524 g/mol. The van der Waals surface area contributed by atoms with Crippen LogP contribution in [0.1, 0.15) is 11.4 Å². The summed E-state index contributed by atoms with van der Waals surface area (Å²) in [4.78, 5) is 5.35. The van der Waals surface area contributed by atoms with Crippen molar-refractivity contribution in [3.63, 3.8) is 0 Å². The molecule has 0 aliphatic heterocycles. The Balaban J connectivity index is 2.22. The zero-order chi connectivity index (χ0) is 25.3. The smallest absolute Gasteiger partial charge is 0.451 e. The van der Waals surface area contributed by atoms with Gasteiger partial charge in [-0.05, 0) is 18.2 Å².